The lowest BCUT2D eigenvalue weighted by Crippen LogP contribution is -2.09. The molecule has 1 unspecified atom stereocenters. The number of methoxy groups -OCH3 is 1. The van der Waals surface area contributed by atoms with Crippen molar-refractivity contribution >= 4 is 28.6 Å². The number of rotatable bonds is 8. The molecule has 2 aromatic rings. The Morgan fingerprint density at radius 1 is 1.32 bits per heavy atom. The van der Waals surface area contributed by atoms with E-state index < -0.39 is 16.8 Å². The fourth-order valence-electron chi connectivity index (χ4n) is 2.35. The van der Waals surface area contributed by atoms with Crippen molar-refractivity contribution in [2.45, 2.75) is 13.3 Å². The normalized spacial score (nSPS) is 11.7. The molecule has 1 atom stereocenters. The van der Waals surface area contributed by atoms with Gasteiger partial charge in [0.1, 0.15) is 16.7 Å². The van der Waals surface area contributed by atoms with Crippen LogP contribution in [0.2, 0.25) is 0 Å². The Balaban J connectivity index is 2.50. The summed E-state index contributed by atoms with van der Waals surface area (Å²) in [6.45, 7) is 1.92. The molecule has 2 rings (SSSR count). The number of halogens is 1. The second-order valence-electron chi connectivity index (χ2n) is 5.24. The van der Waals surface area contributed by atoms with Gasteiger partial charge in [-0.1, -0.05) is 6.92 Å². The van der Waals surface area contributed by atoms with Gasteiger partial charge >= 0.3 is 0 Å². The third-order valence-electron chi connectivity index (χ3n) is 3.52. The van der Waals surface area contributed by atoms with Gasteiger partial charge in [-0.3, -0.25) is 4.98 Å². The van der Waals surface area contributed by atoms with Crippen LogP contribution in [0.25, 0.3) is 11.1 Å². The molecule has 0 amide bonds. The van der Waals surface area contributed by atoms with Crippen LogP contribution in [0.3, 0.4) is 0 Å². The van der Waals surface area contributed by atoms with Crippen LogP contribution in [-0.4, -0.2) is 35.3 Å². The van der Waals surface area contributed by atoms with E-state index in [-0.39, 0.29) is 5.75 Å². The lowest BCUT2D eigenvalue weighted by atomic mass is 10.0. The van der Waals surface area contributed by atoms with Crippen LogP contribution in [-0.2, 0) is 11.0 Å². The molecular weight excluding hydrogens is 343 g/mol. The van der Waals surface area contributed by atoms with Crippen LogP contribution in [0, 0.1) is 11.2 Å². The van der Waals surface area contributed by atoms with Crippen LogP contribution in [0.1, 0.15) is 19.0 Å². The number of nitrogens with one attached hydrogen (secondary N) is 3. The summed E-state index contributed by atoms with van der Waals surface area (Å²) < 4.78 is 34.3. The molecule has 1 heterocycles. The van der Waals surface area contributed by atoms with Crippen molar-refractivity contribution in [2.75, 3.05) is 29.9 Å². The van der Waals surface area contributed by atoms with E-state index in [9.17, 15) is 8.60 Å². The van der Waals surface area contributed by atoms with Gasteiger partial charge in [-0.15, -0.1) is 0 Å². The second-order valence-corrected chi connectivity index (χ2v) is 6.55. The van der Waals surface area contributed by atoms with Gasteiger partial charge in [0.15, 0.2) is 11.6 Å². The molecule has 1 aromatic heterocycles. The third kappa shape index (κ3) is 4.33. The van der Waals surface area contributed by atoms with Crippen LogP contribution < -0.4 is 14.8 Å². The summed E-state index contributed by atoms with van der Waals surface area (Å²) in [5.41, 5.74) is 2.71. The van der Waals surface area contributed by atoms with Crippen molar-refractivity contribution in [3.8, 4) is 16.9 Å². The predicted octanol–water partition coefficient (Wildman–Crippen LogP) is 3.42. The Bertz CT molecular complexity index is 798. The van der Waals surface area contributed by atoms with Crippen LogP contribution >= 0.6 is 0 Å². The lowest BCUT2D eigenvalue weighted by molar-refractivity contribution is 0.389. The van der Waals surface area contributed by atoms with Crippen LogP contribution in [0.15, 0.2) is 24.4 Å². The SMILES string of the molecule is CCCS(=O)Nc1cc(-c2cnc(C=N)c(NC)c2)cc(F)c1OC. The number of benzene rings is 1. The molecule has 0 spiro atoms. The first kappa shape index (κ1) is 18.9. The molecular formula is C17H21FN4O2S. The number of hydrogen-bond acceptors (Lipinski definition) is 5. The van der Waals surface area contributed by atoms with E-state index in [0.717, 1.165) is 12.6 Å². The molecule has 0 bridgehead atoms. The zero-order chi connectivity index (χ0) is 18.4. The predicted molar refractivity (Wildman–Crippen MR) is 101 cm³/mol. The van der Waals surface area contributed by atoms with E-state index in [4.69, 9.17) is 10.1 Å². The van der Waals surface area contributed by atoms with Crippen molar-refractivity contribution in [1.82, 2.24) is 4.98 Å². The van der Waals surface area contributed by atoms with Crippen molar-refractivity contribution in [2.24, 2.45) is 0 Å². The van der Waals surface area contributed by atoms with Gasteiger partial charge < -0.3 is 20.2 Å². The maximum atomic E-state index is 14.4. The molecule has 0 radical (unpaired) electrons. The molecule has 1 aromatic carbocycles. The summed E-state index contributed by atoms with van der Waals surface area (Å²) >= 11 is 0. The lowest BCUT2D eigenvalue weighted by Gasteiger charge is -2.14. The van der Waals surface area contributed by atoms with E-state index in [2.05, 4.69) is 15.0 Å². The van der Waals surface area contributed by atoms with E-state index >= 15 is 0 Å². The minimum atomic E-state index is -1.32. The van der Waals surface area contributed by atoms with E-state index in [1.807, 2.05) is 6.92 Å². The van der Waals surface area contributed by atoms with Gasteiger partial charge in [0.2, 0.25) is 0 Å². The first-order valence-electron chi connectivity index (χ1n) is 7.75. The van der Waals surface area contributed by atoms with E-state index in [1.54, 1.807) is 25.4 Å². The average molecular weight is 364 g/mol. The fourth-order valence-corrected chi connectivity index (χ4v) is 3.22. The van der Waals surface area contributed by atoms with E-state index in [1.165, 1.54) is 13.2 Å². The maximum Gasteiger partial charge on any atom is 0.178 e. The number of ether oxygens (including phenoxy) is 1. The average Bonchev–Trinajstić information content (AvgIpc) is 2.61. The largest absolute Gasteiger partial charge is 0.492 e. The first-order valence-corrected chi connectivity index (χ1v) is 9.07. The quantitative estimate of drug-likeness (QED) is 0.626. The summed E-state index contributed by atoms with van der Waals surface area (Å²) in [6, 6.07) is 4.80. The number of hydrogen-bond donors (Lipinski definition) is 3. The molecule has 0 saturated heterocycles. The number of pyridine rings is 1. The van der Waals surface area contributed by atoms with Gasteiger partial charge in [0.05, 0.1) is 18.5 Å². The van der Waals surface area contributed by atoms with Gasteiger partial charge in [0, 0.05) is 30.8 Å². The minimum absolute atomic E-state index is 0.0195. The summed E-state index contributed by atoms with van der Waals surface area (Å²) in [5.74, 6) is -0.0849. The second kappa shape index (κ2) is 8.57. The monoisotopic (exact) mass is 364 g/mol. The van der Waals surface area contributed by atoms with Crippen molar-refractivity contribution < 1.29 is 13.3 Å². The Labute approximate surface area is 148 Å². The van der Waals surface area contributed by atoms with E-state index in [0.29, 0.717) is 33.9 Å². The zero-order valence-corrected chi connectivity index (χ0v) is 15.2. The zero-order valence-electron chi connectivity index (χ0n) is 14.4. The van der Waals surface area contributed by atoms with Gasteiger partial charge in [-0.2, -0.15) is 0 Å². The van der Waals surface area contributed by atoms with Gasteiger partial charge in [-0.25, -0.2) is 8.60 Å². The molecule has 0 saturated carbocycles. The third-order valence-corrected chi connectivity index (χ3v) is 4.75. The highest BCUT2D eigenvalue weighted by Gasteiger charge is 2.15. The molecule has 6 nitrogen and oxygen atoms in total. The Morgan fingerprint density at radius 2 is 2.04 bits per heavy atom. The minimum Gasteiger partial charge on any atom is -0.492 e. The molecule has 3 N–H and O–H groups in total. The van der Waals surface area contributed by atoms with Crippen molar-refractivity contribution in [1.29, 1.82) is 5.41 Å². The number of anilines is 2. The molecule has 0 aliphatic carbocycles. The van der Waals surface area contributed by atoms with Crippen molar-refractivity contribution in [3.05, 3.63) is 35.9 Å². The number of aromatic nitrogens is 1. The fraction of sp³-hybridized carbons (Fsp3) is 0.294. The van der Waals surface area contributed by atoms with Crippen molar-refractivity contribution in [3.63, 3.8) is 0 Å². The van der Waals surface area contributed by atoms with Gasteiger partial charge in [-0.05, 0) is 30.2 Å². The summed E-state index contributed by atoms with van der Waals surface area (Å²) in [5, 5.41) is 10.3. The highest BCUT2D eigenvalue weighted by molar-refractivity contribution is 7.86. The Kier molecular flexibility index (Phi) is 6.46. The number of nitrogens with zero attached hydrogens (tertiary/aromatic N) is 1. The first-order chi connectivity index (χ1) is 12.0. The molecule has 0 fully saturated rings. The summed E-state index contributed by atoms with van der Waals surface area (Å²) in [4.78, 5) is 4.20. The van der Waals surface area contributed by atoms with Gasteiger partial charge in [0.25, 0.3) is 0 Å². The maximum absolute atomic E-state index is 14.4. The Hall–Kier alpha value is -2.48. The Morgan fingerprint density at radius 3 is 2.64 bits per heavy atom. The smallest absolute Gasteiger partial charge is 0.178 e. The summed E-state index contributed by atoms with van der Waals surface area (Å²) in [7, 11) is 1.77. The standard InChI is InChI=1S/C17H21FN4O2S/c1-4-5-25(23)22-15-7-11(6-13(18)17(15)24-3)12-8-14(20-2)16(9-19)21-10-12/h6-10,19-20,22H,4-5H2,1-3H3. The molecule has 134 valence electrons. The topological polar surface area (TPSA) is 87.1 Å². The molecule has 0 aliphatic rings. The van der Waals surface area contributed by atoms with Crippen LogP contribution in [0.4, 0.5) is 15.8 Å². The van der Waals surface area contributed by atoms with Crippen LogP contribution in [0.5, 0.6) is 5.75 Å². The molecule has 25 heavy (non-hydrogen) atoms. The molecule has 8 heteroatoms. The molecule has 0 aliphatic heterocycles. The highest BCUT2D eigenvalue weighted by Crippen LogP contribution is 2.34. The highest BCUT2D eigenvalue weighted by atomic mass is 32.2. The summed E-state index contributed by atoms with van der Waals surface area (Å²) in [6.07, 6.45) is 3.45.